The second kappa shape index (κ2) is 3.27. The van der Waals surface area contributed by atoms with E-state index >= 15 is 0 Å². The largest absolute Gasteiger partial charge is 0.328 e. The van der Waals surface area contributed by atoms with E-state index in [1.54, 1.807) is 12.3 Å². The average molecular weight is 303 g/mol. The maximum atomic E-state index is 11.0. The van der Waals surface area contributed by atoms with E-state index in [4.69, 9.17) is 0 Å². The van der Waals surface area contributed by atoms with Gasteiger partial charge in [0.15, 0.2) is 0 Å². The highest BCUT2D eigenvalue weighted by Gasteiger charge is 2.00. The van der Waals surface area contributed by atoms with Crippen LogP contribution in [0.2, 0.25) is 0 Å². The van der Waals surface area contributed by atoms with Crippen LogP contribution in [0.25, 0.3) is 10.8 Å². The molecule has 1 aromatic carbocycles. The average Bonchev–Trinajstić information content (AvgIpc) is 2.06. The van der Waals surface area contributed by atoms with Gasteiger partial charge in [-0.15, -0.1) is 0 Å². The molecule has 66 valence electrons. The Kier molecular flexibility index (Phi) is 2.26. The molecule has 0 unspecified atom stereocenters. The van der Waals surface area contributed by atoms with Crippen LogP contribution in [0, 0.1) is 0 Å². The number of aromatic nitrogens is 1. The van der Waals surface area contributed by atoms with Gasteiger partial charge in [-0.05, 0) is 12.1 Å². The van der Waals surface area contributed by atoms with Gasteiger partial charge in [0.1, 0.15) is 0 Å². The molecule has 0 aliphatic heterocycles. The molecule has 2 nitrogen and oxygen atoms in total. The van der Waals surface area contributed by atoms with Gasteiger partial charge < -0.3 is 4.98 Å². The predicted octanol–water partition coefficient (Wildman–Crippen LogP) is 3.05. The first-order chi connectivity index (χ1) is 6.16. The molecule has 0 bridgehead atoms. The van der Waals surface area contributed by atoms with Crippen LogP contribution in [-0.4, -0.2) is 4.98 Å². The number of pyridine rings is 1. The first kappa shape index (κ1) is 8.97. The summed E-state index contributed by atoms with van der Waals surface area (Å²) in [6, 6.07) is 5.45. The Morgan fingerprint density at radius 1 is 1.15 bits per heavy atom. The predicted molar refractivity (Wildman–Crippen MR) is 60.0 cm³/mol. The van der Waals surface area contributed by atoms with Crippen molar-refractivity contribution in [2.75, 3.05) is 0 Å². The van der Waals surface area contributed by atoms with Crippen LogP contribution in [-0.2, 0) is 0 Å². The number of halogens is 2. The van der Waals surface area contributed by atoms with Crippen molar-refractivity contribution in [3.05, 3.63) is 43.7 Å². The van der Waals surface area contributed by atoms with Crippen molar-refractivity contribution in [3.63, 3.8) is 0 Å². The SMILES string of the molecule is O=c1cc2c(Br)cc(Br)cc2c[nH]1. The summed E-state index contributed by atoms with van der Waals surface area (Å²) in [7, 11) is 0. The number of H-pyrrole nitrogens is 1. The highest BCUT2D eigenvalue weighted by atomic mass is 79.9. The summed E-state index contributed by atoms with van der Waals surface area (Å²) in [4.78, 5) is 13.7. The fourth-order valence-electron chi connectivity index (χ4n) is 1.20. The van der Waals surface area contributed by atoms with Gasteiger partial charge in [0.25, 0.3) is 0 Å². The molecular weight excluding hydrogens is 298 g/mol. The van der Waals surface area contributed by atoms with Crippen molar-refractivity contribution in [1.29, 1.82) is 0 Å². The van der Waals surface area contributed by atoms with Crippen LogP contribution in [0.4, 0.5) is 0 Å². The van der Waals surface area contributed by atoms with Crippen molar-refractivity contribution in [2.24, 2.45) is 0 Å². The van der Waals surface area contributed by atoms with Gasteiger partial charge in [0.2, 0.25) is 5.56 Å². The maximum Gasteiger partial charge on any atom is 0.248 e. The van der Waals surface area contributed by atoms with Gasteiger partial charge in [-0.3, -0.25) is 4.79 Å². The third-order valence-electron chi connectivity index (χ3n) is 1.77. The number of hydrogen-bond acceptors (Lipinski definition) is 1. The standard InChI is InChI=1S/C9H5Br2NO/c10-6-1-5-4-12-9(13)3-7(5)8(11)2-6/h1-4H,(H,12,13). The van der Waals surface area contributed by atoms with Crippen LogP contribution in [0.15, 0.2) is 38.1 Å². The molecule has 0 radical (unpaired) electrons. The van der Waals surface area contributed by atoms with E-state index in [1.807, 2.05) is 12.1 Å². The molecule has 0 saturated carbocycles. The molecule has 1 heterocycles. The molecule has 1 N–H and O–H groups in total. The summed E-state index contributed by atoms with van der Waals surface area (Å²) in [6.07, 6.45) is 1.70. The third kappa shape index (κ3) is 1.69. The smallest absolute Gasteiger partial charge is 0.248 e. The lowest BCUT2D eigenvalue weighted by Crippen LogP contribution is -2.01. The number of fused-ring (bicyclic) bond motifs is 1. The van der Waals surface area contributed by atoms with E-state index in [0.29, 0.717) is 0 Å². The first-order valence-corrected chi connectivity index (χ1v) is 5.23. The maximum absolute atomic E-state index is 11.0. The Labute approximate surface area is 91.2 Å². The van der Waals surface area contributed by atoms with E-state index in [2.05, 4.69) is 36.8 Å². The van der Waals surface area contributed by atoms with E-state index in [9.17, 15) is 4.79 Å². The number of benzene rings is 1. The molecule has 0 fully saturated rings. The van der Waals surface area contributed by atoms with Crippen LogP contribution in [0.3, 0.4) is 0 Å². The minimum Gasteiger partial charge on any atom is -0.328 e. The lowest BCUT2D eigenvalue weighted by atomic mass is 10.2. The molecule has 0 spiro atoms. The summed E-state index contributed by atoms with van der Waals surface area (Å²) in [6.45, 7) is 0. The number of rotatable bonds is 0. The number of hydrogen-bond donors (Lipinski definition) is 1. The van der Waals surface area contributed by atoms with Crippen LogP contribution < -0.4 is 5.56 Å². The van der Waals surface area contributed by atoms with Crippen molar-refractivity contribution < 1.29 is 0 Å². The Balaban J connectivity index is 2.95. The Hall–Kier alpha value is -0.610. The lowest BCUT2D eigenvalue weighted by molar-refractivity contribution is 1.27. The molecule has 0 aliphatic rings. The van der Waals surface area contributed by atoms with E-state index in [-0.39, 0.29) is 5.56 Å². The second-order valence-electron chi connectivity index (χ2n) is 2.69. The minimum atomic E-state index is -0.0875. The highest BCUT2D eigenvalue weighted by molar-refractivity contribution is 9.11. The molecule has 0 amide bonds. The Morgan fingerprint density at radius 3 is 2.69 bits per heavy atom. The van der Waals surface area contributed by atoms with E-state index in [1.165, 1.54) is 0 Å². The van der Waals surface area contributed by atoms with Gasteiger partial charge in [0, 0.05) is 32.0 Å². The zero-order valence-electron chi connectivity index (χ0n) is 6.47. The molecule has 1 aromatic heterocycles. The van der Waals surface area contributed by atoms with Crippen molar-refractivity contribution in [2.45, 2.75) is 0 Å². The fourth-order valence-corrected chi connectivity index (χ4v) is 2.57. The van der Waals surface area contributed by atoms with Crippen molar-refractivity contribution in [3.8, 4) is 0 Å². The Bertz CT molecular complexity index is 518. The first-order valence-electron chi connectivity index (χ1n) is 3.64. The summed E-state index contributed by atoms with van der Waals surface area (Å²) < 4.78 is 1.90. The number of aromatic amines is 1. The molecule has 4 heteroatoms. The summed E-state index contributed by atoms with van der Waals surface area (Å²) >= 11 is 6.78. The van der Waals surface area contributed by atoms with Gasteiger partial charge in [-0.2, -0.15) is 0 Å². The third-order valence-corrected chi connectivity index (χ3v) is 2.89. The van der Waals surface area contributed by atoms with Crippen molar-refractivity contribution >= 4 is 42.6 Å². The van der Waals surface area contributed by atoms with Gasteiger partial charge in [-0.1, -0.05) is 31.9 Å². The summed E-state index contributed by atoms with van der Waals surface area (Å²) in [5, 5.41) is 1.92. The van der Waals surface area contributed by atoms with E-state index < -0.39 is 0 Å². The van der Waals surface area contributed by atoms with Crippen LogP contribution >= 0.6 is 31.9 Å². The van der Waals surface area contributed by atoms with Crippen LogP contribution in [0.5, 0.6) is 0 Å². The normalized spacial score (nSPS) is 10.6. The zero-order valence-corrected chi connectivity index (χ0v) is 9.65. The van der Waals surface area contributed by atoms with E-state index in [0.717, 1.165) is 19.7 Å². The highest BCUT2D eigenvalue weighted by Crippen LogP contribution is 2.26. The zero-order chi connectivity index (χ0) is 9.42. The van der Waals surface area contributed by atoms with Gasteiger partial charge in [0.05, 0.1) is 0 Å². The quantitative estimate of drug-likeness (QED) is 0.797. The number of nitrogens with one attached hydrogen (secondary N) is 1. The minimum absolute atomic E-state index is 0.0875. The van der Waals surface area contributed by atoms with Crippen molar-refractivity contribution in [1.82, 2.24) is 4.98 Å². The molecule has 0 saturated heterocycles. The molecular formula is C9H5Br2NO. The molecule has 0 aliphatic carbocycles. The monoisotopic (exact) mass is 301 g/mol. The summed E-state index contributed by atoms with van der Waals surface area (Å²) in [5.41, 5.74) is -0.0875. The Morgan fingerprint density at radius 2 is 1.92 bits per heavy atom. The summed E-state index contributed by atoms with van der Waals surface area (Å²) in [5.74, 6) is 0. The molecule has 2 rings (SSSR count). The fraction of sp³-hybridized carbons (Fsp3) is 0. The van der Waals surface area contributed by atoms with Gasteiger partial charge in [-0.25, -0.2) is 0 Å². The second-order valence-corrected chi connectivity index (χ2v) is 4.46. The topological polar surface area (TPSA) is 32.9 Å². The van der Waals surface area contributed by atoms with Crippen LogP contribution in [0.1, 0.15) is 0 Å². The molecule has 0 atom stereocenters. The lowest BCUT2D eigenvalue weighted by Gasteiger charge is -2.00. The molecule has 2 aromatic rings. The molecule has 13 heavy (non-hydrogen) atoms. The van der Waals surface area contributed by atoms with Gasteiger partial charge >= 0.3 is 0 Å².